The minimum atomic E-state index is -1.11. The van der Waals surface area contributed by atoms with Gasteiger partial charge < -0.3 is 4.74 Å². The maximum Gasteiger partial charge on any atom is 0.331 e. The molecule has 1 aromatic heterocycles. The number of aryl methyl sites for hydroxylation is 1. The van der Waals surface area contributed by atoms with Crippen molar-refractivity contribution in [3.05, 3.63) is 48.2 Å². The van der Waals surface area contributed by atoms with Gasteiger partial charge in [-0.15, -0.1) is 0 Å². The Labute approximate surface area is 213 Å². The molecule has 0 saturated heterocycles. The second-order valence-electron chi connectivity index (χ2n) is 9.95. The number of nitrogens with zero attached hydrogens (tertiary/aromatic N) is 2. The van der Waals surface area contributed by atoms with Gasteiger partial charge in [-0.3, -0.25) is 4.98 Å². The van der Waals surface area contributed by atoms with Crippen molar-refractivity contribution in [2.75, 3.05) is 0 Å². The second kappa shape index (κ2) is 16.1. The molecule has 2 rings (SSSR count). The van der Waals surface area contributed by atoms with E-state index < -0.39 is 11.4 Å². The first-order chi connectivity index (χ1) is 17.0. The highest BCUT2D eigenvalue weighted by molar-refractivity contribution is 5.81. The van der Waals surface area contributed by atoms with Gasteiger partial charge in [0.1, 0.15) is 5.75 Å². The van der Waals surface area contributed by atoms with Crippen LogP contribution in [0.25, 0.3) is 11.3 Å². The zero-order valence-electron chi connectivity index (χ0n) is 22.2. The van der Waals surface area contributed by atoms with E-state index in [2.05, 4.69) is 37.0 Å². The first-order valence-electron chi connectivity index (χ1n) is 13.7. The Morgan fingerprint density at radius 2 is 1.46 bits per heavy atom. The summed E-state index contributed by atoms with van der Waals surface area (Å²) in [5, 5.41) is 9.57. The van der Waals surface area contributed by atoms with Crippen molar-refractivity contribution < 1.29 is 9.53 Å². The number of ether oxygens (including phenoxy) is 1. The monoisotopic (exact) mass is 476 g/mol. The van der Waals surface area contributed by atoms with Crippen LogP contribution in [0, 0.1) is 16.7 Å². The van der Waals surface area contributed by atoms with Crippen molar-refractivity contribution in [2.24, 2.45) is 5.41 Å². The van der Waals surface area contributed by atoms with Crippen LogP contribution >= 0.6 is 0 Å². The van der Waals surface area contributed by atoms with Crippen LogP contribution < -0.4 is 4.74 Å². The number of carbonyl (C=O) groups is 1. The van der Waals surface area contributed by atoms with E-state index in [0.29, 0.717) is 12.2 Å². The molecule has 1 heterocycles. The van der Waals surface area contributed by atoms with Crippen molar-refractivity contribution in [3.8, 4) is 23.1 Å². The maximum atomic E-state index is 12.7. The van der Waals surface area contributed by atoms with E-state index in [0.717, 1.165) is 43.4 Å². The molecule has 1 aromatic carbocycles. The van der Waals surface area contributed by atoms with Crippen molar-refractivity contribution in [2.45, 2.75) is 111 Å². The molecule has 0 fully saturated rings. The summed E-state index contributed by atoms with van der Waals surface area (Å²) in [6.07, 6.45) is 18.3. The molecule has 0 saturated carbocycles. The summed E-state index contributed by atoms with van der Waals surface area (Å²) in [4.78, 5) is 17.3. The smallest absolute Gasteiger partial charge is 0.331 e. The number of pyridine rings is 1. The molecular formula is C31H44N2O2. The molecule has 0 bridgehead atoms. The lowest BCUT2D eigenvalue weighted by Crippen LogP contribution is -2.30. The Kier molecular flexibility index (Phi) is 13.1. The Morgan fingerprint density at radius 1 is 0.857 bits per heavy atom. The van der Waals surface area contributed by atoms with Crippen LogP contribution in [0.1, 0.15) is 110 Å². The zero-order chi connectivity index (χ0) is 25.4. The number of hydrogen-bond donors (Lipinski definition) is 0. The van der Waals surface area contributed by atoms with E-state index in [9.17, 15) is 10.1 Å². The van der Waals surface area contributed by atoms with Crippen LogP contribution in [0.5, 0.6) is 5.75 Å². The number of rotatable bonds is 17. The number of benzene rings is 1. The predicted molar refractivity (Wildman–Crippen MR) is 144 cm³/mol. The lowest BCUT2D eigenvalue weighted by molar-refractivity contribution is -0.142. The third kappa shape index (κ3) is 10.2. The summed E-state index contributed by atoms with van der Waals surface area (Å²) in [5.41, 5.74) is 2.05. The van der Waals surface area contributed by atoms with Crippen LogP contribution in [0.4, 0.5) is 0 Å². The van der Waals surface area contributed by atoms with Crippen LogP contribution in [-0.4, -0.2) is 11.0 Å². The summed E-state index contributed by atoms with van der Waals surface area (Å²) < 4.78 is 5.55. The summed E-state index contributed by atoms with van der Waals surface area (Å²) >= 11 is 0. The SMILES string of the molecule is CCCCCCCCCCc1ccc(-c2ccc(OC(=O)C(C)(C#N)CCCCCC)cc2)nc1. The molecule has 1 atom stereocenters. The minimum Gasteiger partial charge on any atom is -0.425 e. The molecule has 0 aliphatic rings. The number of carbonyl (C=O) groups excluding carboxylic acids is 1. The first kappa shape index (κ1) is 28.6. The lowest BCUT2D eigenvalue weighted by atomic mass is 9.86. The van der Waals surface area contributed by atoms with E-state index >= 15 is 0 Å². The van der Waals surface area contributed by atoms with E-state index in [1.54, 1.807) is 19.1 Å². The third-order valence-electron chi connectivity index (χ3n) is 6.73. The van der Waals surface area contributed by atoms with E-state index in [4.69, 9.17) is 4.74 Å². The highest BCUT2D eigenvalue weighted by Gasteiger charge is 2.35. The highest BCUT2D eigenvalue weighted by Crippen LogP contribution is 2.28. The van der Waals surface area contributed by atoms with E-state index in [1.165, 1.54) is 56.9 Å². The van der Waals surface area contributed by atoms with E-state index in [-0.39, 0.29) is 0 Å². The molecule has 0 aliphatic heterocycles. The Morgan fingerprint density at radius 3 is 2.03 bits per heavy atom. The molecule has 190 valence electrons. The first-order valence-corrected chi connectivity index (χ1v) is 13.7. The maximum absolute atomic E-state index is 12.7. The summed E-state index contributed by atoms with van der Waals surface area (Å²) in [7, 11) is 0. The van der Waals surface area contributed by atoms with Gasteiger partial charge in [-0.1, -0.05) is 90.5 Å². The van der Waals surface area contributed by atoms with Gasteiger partial charge in [0.15, 0.2) is 5.41 Å². The van der Waals surface area contributed by atoms with Gasteiger partial charge in [-0.2, -0.15) is 5.26 Å². The van der Waals surface area contributed by atoms with Crippen molar-refractivity contribution in [3.63, 3.8) is 0 Å². The second-order valence-corrected chi connectivity index (χ2v) is 9.95. The molecule has 2 aromatic rings. The van der Waals surface area contributed by atoms with Gasteiger partial charge in [0.05, 0.1) is 11.8 Å². The van der Waals surface area contributed by atoms with Crippen LogP contribution in [-0.2, 0) is 11.2 Å². The van der Waals surface area contributed by atoms with Gasteiger partial charge in [0.25, 0.3) is 0 Å². The summed E-state index contributed by atoms with van der Waals surface area (Å²) in [6, 6.07) is 13.8. The topological polar surface area (TPSA) is 63.0 Å². The standard InChI is InChI=1S/C31H44N2O2/c1-4-6-8-10-11-12-13-14-16-26-17-22-29(33-24-26)27-18-20-28(21-19-27)35-30(34)31(3,25-32)23-15-9-7-5-2/h17-22,24H,4-16,23H2,1-3H3. The molecule has 0 radical (unpaired) electrons. The summed E-state index contributed by atoms with van der Waals surface area (Å²) in [5.74, 6) is -0.0206. The quantitative estimate of drug-likeness (QED) is 0.130. The molecule has 1 unspecified atom stereocenters. The Balaban J connectivity index is 1.81. The number of aromatic nitrogens is 1. The Bertz CT molecular complexity index is 899. The van der Waals surface area contributed by atoms with Crippen LogP contribution in [0.15, 0.2) is 42.6 Å². The van der Waals surface area contributed by atoms with Gasteiger partial charge in [0.2, 0.25) is 0 Å². The normalized spacial score (nSPS) is 12.6. The fraction of sp³-hybridized carbons (Fsp3) is 0.581. The largest absolute Gasteiger partial charge is 0.425 e. The van der Waals surface area contributed by atoms with Crippen molar-refractivity contribution in [1.29, 1.82) is 5.26 Å². The lowest BCUT2D eigenvalue weighted by Gasteiger charge is -2.19. The minimum absolute atomic E-state index is 0.458. The predicted octanol–water partition coefficient (Wildman–Crippen LogP) is 8.84. The highest BCUT2D eigenvalue weighted by atomic mass is 16.5. The molecule has 4 nitrogen and oxygen atoms in total. The average Bonchev–Trinajstić information content (AvgIpc) is 2.89. The average molecular weight is 477 g/mol. The molecular weight excluding hydrogens is 432 g/mol. The van der Waals surface area contributed by atoms with Gasteiger partial charge in [-0.25, -0.2) is 4.79 Å². The third-order valence-corrected chi connectivity index (χ3v) is 6.73. The Hall–Kier alpha value is -2.67. The molecule has 0 spiro atoms. The summed E-state index contributed by atoms with van der Waals surface area (Å²) in [6.45, 7) is 6.08. The zero-order valence-corrected chi connectivity index (χ0v) is 22.2. The van der Waals surface area contributed by atoms with Crippen LogP contribution in [0.3, 0.4) is 0 Å². The number of hydrogen-bond acceptors (Lipinski definition) is 4. The fourth-order valence-corrected chi connectivity index (χ4v) is 4.23. The molecule has 0 amide bonds. The molecule has 4 heteroatoms. The van der Waals surface area contributed by atoms with Gasteiger partial charge in [0, 0.05) is 11.8 Å². The fourth-order valence-electron chi connectivity index (χ4n) is 4.23. The number of unbranched alkanes of at least 4 members (excludes halogenated alkanes) is 10. The van der Waals surface area contributed by atoms with Crippen LogP contribution in [0.2, 0.25) is 0 Å². The number of esters is 1. The molecule has 0 aliphatic carbocycles. The van der Waals surface area contributed by atoms with Gasteiger partial charge in [-0.05, 0) is 62.1 Å². The van der Waals surface area contributed by atoms with Crippen molar-refractivity contribution >= 4 is 5.97 Å². The van der Waals surface area contributed by atoms with Crippen molar-refractivity contribution in [1.82, 2.24) is 4.98 Å². The van der Waals surface area contributed by atoms with E-state index in [1.807, 2.05) is 18.3 Å². The molecule has 35 heavy (non-hydrogen) atoms. The number of nitriles is 1. The molecule has 0 N–H and O–H groups in total. The van der Waals surface area contributed by atoms with Gasteiger partial charge >= 0.3 is 5.97 Å².